The molecule has 5 rings (SSSR count). The molecule has 3 heterocycles. The zero-order valence-electron chi connectivity index (χ0n) is 17.9. The summed E-state index contributed by atoms with van der Waals surface area (Å²) in [6, 6.07) is 24.0. The third-order valence-electron chi connectivity index (χ3n) is 5.36. The van der Waals surface area contributed by atoms with E-state index in [4.69, 9.17) is 0 Å². The summed E-state index contributed by atoms with van der Waals surface area (Å²) in [5.74, 6) is 0.960. The van der Waals surface area contributed by atoms with E-state index < -0.39 is 0 Å². The smallest absolute Gasteiger partial charge is 0.253 e. The molecule has 7 nitrogen and oxygen atoms in total. The van der Waals surface area contributed by atoms with Crippen molar-refractivity contribution in [1.82, 2.24) is 24.8 Å². The van der Waals surface area contributed by atoms with Gasteiger partial charge in [-0.05, 0) is 23.3 Å². The van der Waals surface area contributed by atoms with Gasteiger partial charge in [0.1, 0.15) is 0 Å². The van der Waals surface area contributed by atoms with Crippen LogP contribution in [0.15, 0.2) is 95.4 Å². The first-order chi connectivity index (χ1) is 16.3. The Morgan fingerprint density at radius 1 is 0.879 bits per heavy atom. The molecule has 1 aliphatic heterocycles. The number of carbonyl (C=O) groups is 1. The largest absolute Gasteiger partial charge is 0.298 e. The second kappa shape index (κ2) is 9.79. The average Bonchev–Trinajstić information content (AvgIpc) is 3.52. The molecule has 0 atom stereocenters. The number of hydrazone groups is 1. The first-order valence-electron chi connectivity index (χ1n) is 10.7. The van der Waals surface area contributed by atoms with E-state index in [2.05, 4.69) is 32.4 Å². The van der Waals surface area contributed by atoms with Crippen molar-refractivity contribution in [2.45, 2.75) is 18.1 Å². The number of aromatic nitrogens is 4. The lowest BCUT2D eigenvalue weighted by Crippen LogP contribution is -2.25. The van der Waals surface area contributed by atoms with Crippen molar-refractivity contribution in [2.24, 2.45) is 5.10 Å². The van der Waals surface area contributed by atoms with Crippen LogP contribution in [0, 0.1) is 0 Å². The van der Waals surface area contributed by atoms with E-state index in [-0.39, 0.29) is 11.7 Å². The monoisotopic (exact) mass is 454 g/mol. The molecule has 8 heteroatoms. The van der Waals surface area contributed by atoms with Crippen molar-refractivity contribution in [3.05, 3.63) is 96.3 Å². The maximum absolute atomic E-state index is 12.9. The van der Waals surface area contributed by atoms with E-state index in [0.29, 0.717) is 18.2 Å². The highest BCUT2D eigenvalue weighted by molar-refractivity contribution is 7.99. The minimum Gasteiger partial charge on any atom is -0.298 e. The molecule has 2 aromatic heterocycles. The minimum atomic E-state index is -0.0364. The molecule has 2 aromatic carbocycles. The van der Waals surface area contributed by atoms with Crippen molar-refractivity contribution in [3.8, 4) is 11.4 Å². The van der Waals surface area contributed by atoms with Gasteiger partial charge in [0.05, 0.1) is 24.6 Å². The van der Waals surface area contributed by atoms with E-state index in [1.165, 1.54) is 11.8 Å². The number of hydrogen-bond acceptors (Lipinski definition) is 6. The number of pyridine rings is 1. The summed E-state index contributed by atoms with van der Waals surface area (Å²) in [4.78, 5) is 17.0. The normalized spacial score (nSPS) is 13.2. The molecule has 0 N–H and O–H groups in total. The molecule has 0 saturated carbocycles. The van der Waals surface area contributed by atoms with Gasteiger partial charge in [-0.15, -0.1) is 10.2 Å². The highest BCUT2D eigenvalue weighted by Gasteiger charge is 2.23. The van der Waals surface area contributed by atoms with Crippen molar-refractivity contribution < 1.29 is 4.79 Å². The second-order valence-electron chi connectivity index (χ2n) is 7.58. The number of hydrogen-bond donors (Lipinski definition) is 0. The Morgan fingerprint density at radius 3 is 2.36 bits per heavy atom. The summed E-state index contributed by atoms with van der Waals surface area (Å²) < 4.78 is 2.05. The fraction of sp³-hybridized carbons (Fsp3) is 0.160. The highest BCUT2D eigenvalue weighted by Crippen LogP contribution is 2.25. The van der Waals surface area contributed by atoms with Crippen LogP contribution >= 0.6 is 11.8 Å². The van der Waals surface area contributed by atoms with Gasteiger partial charge in [-0.3, -0.25) is 14.3 Å². The Morgan fingerprint density at radius 2 is 1.61 bits per heavy atom. The quantitative estimate of drug-likeness (QED) is 0.393. The lowest BCUT2D eigenvalue weighted by molar-refractivity contribution is -0.127. The fourth-order valence-electron chi connectivity index (χ4n) is 3.69. The van der Waals surface area contributed by atoms with E-state index >= 15 is 0 Å². The molecule has 0 spiro atoms. The van der Waals surface area contributed by atoms with E-state index in [9.17, 15) is 4.79 Å². The van der Waals surface area contributed by atoms with Crippen LogP contribution in [0.25, 0.3) is 11.4 Å². The van der Waals surface area contributed by atoms with Crippen LogP contribution < -0.4 is 0 Å². The zero-order chi connectivity index (χ0) is 22.5. The number of amides is 1. The fourth-order valence-corrected chi connectivity index (χ4v) is 4.50. The predicted octanol–water partition coefficient (Wildman–Crippen LogP) is 4.12. The first kappa shape index (κ1) is 21.1. The maximum atomic E-state index is 12.9. The molecular weight excluding hydrogens is 432 g/mol. The van der Waals surface area contributed by atoms with Crippen molar-refractivity contribution >= 4 is 23.4 Å². The summed E-state index contributed by atoms with van der Waals surface area (Å²) in [6.07, 6.45) is 4.24. The average molecular weight is 455 g/mol. The van der Waals surface area contributed by atoms with Gasteiger partial charge in [-0.2, -0.15) is 5.10 Å². The molecule has 0 radical (unpaired) electrons. The van der Waals surface area contributed by atoms with Crippen LogP contribution in [-0.2, 0) is 11.3 Å². The van der Waals surface area contributed by atoms with Gasteiger partial charge < -0.3 is 0 Å². The molecular formula is C25H22N6OS. The van der Waals surface area contributed by atoms with Gasteiger partial charge in [0.15, 0.2) is 11.0 Å². The molecule has 0 saturated heterocycles. The van der Waals surface area contributed by atoms with E-state index in [0.717, 1.165) is 34.6 Å². The Kier molecular flexibility index (Phi) is 6.25. The topological polar surface area (TPSA) is 76.3 Å². The SMILES string of the molecule is O=C(CSc1nnc(-c2ccncc2)n1Cc1ccccc1)N1CCC(c2ccccc2)=N1. The molecule has 33 heavy (non-hydrogen) atoms. The Bertz CT molecular complexity index is 1260. The standard InChI is InChI=1S/C25H22N6OS/c32-23(31-16-13-22(29-31)20-9-5-2-6-10-20)18-33-25-28-27-24(21-11-14-26-15-12-21)30(25)17-19-7-3-1-4-8-19/h1-12,14-15H,13,16-18H2. The van der Waals surface area contributed by atoms with Gasteiger partial charge in [-0.1, -0.05) is 72.4 Å². The van der Waals surface area contributed by atoms with Crippen LogP contribution in [0.3, 0.4) is 0 Å². The third kappa shape index (κ3) is 4.85. The van der Waals surface area contributed by atoms with Gasteiger partial charge in [-0.25, -0.2) is 5.01 Å². The molecule has 4 aromatic rings. The van der Waals surface area contributed by atoms with Crippen LogP contribution in [0.5, 0.6) is 0 Å². The second-order valence-corrected chi connectivity index (χ2v) is 8.52. The summed E-state index contributed by atoms with van der Waals surface area (Å²) in [7, 11) is 0. The third-order valence-corrected chi connectivity index (χ3v) is 6.31. The Balaban J connectivity index is 1.33. The lowest BCUT2D eigenvalue weighted by atomic mass is 10.1. The van der Waals surface area contributed by atoms with Gasteiger partial charge >= 0.3 is 0 Å². The van der Waals surface area contributed by atoms with Crippen molar-refractivity contribution in [3.63, 3.8) is 0 Å². The minimum absolute atomic E-state index is 0.0364. The van der Waals surface area contributed by atoms with Crippen LogP contribution in [0.4, 0.5) is 0 Å². The molecule has 0 fully saturated rings. The number of rotatable bonds is 7. The van der Waals surface area contributed by atoms with Crippen LogP contribution in [-0.4, -0.2) is 48.7 Å². The van der Waals surface area contributed by atoms with Crippen LogP contribution in [0.1, 0.15) is 17.5 Å². The van der Waals surface area contributed by atoms with Gasteiger partial charge in [0.2, 0.25) is 0 Å². The summed E-state index contributed by atoms with van der Waals surface area (Å²) in [5, 5.41) is 15.6. The van der Waals surface area contributed by atoms with Crippen molar-refractivity contribution in [1.29, 1.82) is 0 Å². The number of carbonyl (C=O) groups excluding carboxylic acids is 1. The van der Waals surface area contributed by atoms with E-state index in [1.54, 1.807) is 17.4 Å². The summed E-state index contributed by atoms with van der Waals surface area (Å²) in [6.45, 7) is 1.21. The Labute approximate surface area is 196 Å². The lowest BCUT2D eigenvalue weighted by Gasteiger charge is -2.12. The Hall–Kier alpha value is -3.78. The summed E-state index contributed by atoms with van der Waals surface area (Å²) in [5.41, 5.74) is 4.08. The molecule has 1 amide bonds. The summed E-state index contributed by atoms with van der Waals surface area (Å²) >= 11 is 1.39. The first-order valence-corrected chi connectivity index (χ1v) is 11.7. The molecule has 0 aliphatic carbocycles. The number of benzene rings is 2. The number of thioether (sulfide) groups is 1. The molecule has 0 unspecified atom stereocenters. The van der Waals surface area contributed by atoms with Gasteiger partial charge in [0.25, 0.3) is 5.91 Å². The zero-order valence-corrected chi connectivity index (χ0v) is 18.7. The maximum Gasteiger partial charge on any atom is 0.253 e. The van der Waals surface area contributed by atoms with Crippen LogP contribution in [0.2, 0.25) is 0 Å². The molecule has 0 bridgehead atoms. The van der Waals surface area contributed by atoms with Gasteiger partial charge in [0, 0.05) is 24.4 Å². The predicted molar refractivity (Wildman–Crippen MR) is 129 cm³/mol. The highest BCUT2D eigenvalue weighted by atomic mass is 32.2. The van der Waals surface area contributed by atoms with Crippen molar-refractivity contribution in [2.75, 3.05) is 12.3 Å². The molecule has 164 valence electrons. The van der Waals surface area contributed by atoms with E-state index in [1.807, 2.05) is 65.2 Å². The number of nitrogens with zero attached hydrogens (tertiary/aromatic N) is 6. The molecule has 1 aliphatic rings.